The SMILES string of the molecule is Fc1ccccc1-n1nc(Cn2cncn2)nc1CCC(F)(F)F. The molecule has 0 aliphatic rings. The first kappa shape index (κ1) is 16.1. The summed E-state index contributed by atoms with van der Waals surface area (Å²) in [5, 5.41) is 8.01. The van der Waals surface area contributed by atoms with E-state index < -0.39 is 24.8 Å². The molecule has 24 heavy (non-hydrogen) atoms. The molecule has 0 saturated carbocycles. The van der Waals surface area contributed by atoms with Gasteiger partial charge in [-0.1, -0.05) is 12.1 Å². The van der Waals surface area contributed by atoms with Gasteiger partial charge < -0.3 is 0 Å². The lowest BCUT2D eigenvalue weighted by molar-refractivity contribution is -0.134. The minimum atomic E-state index is -4.34. The summed E-state index contributed by atoms with van der Waals surface area (Å²) in [6.07, 6.45) is -3.05. The minimum absolute atomic E-state index is 0.0348. The van der Waals surface area contributed by atoms with Crippen LogP contribution >= 0.6 is 0 Å². The summed E-state index contributed by atoms with van der Waals surface area (Å²) < 4.78 is 54.0. The van der Waals surface area contributed by atoms with E-state index >= 15 is 0 Å². The highest BCUT2D eigenvalue weighted by molar-refractivity contribution is 5.33. The van der Waals surface area contributed by atoms with Crippen molar-refractivity contribution in [2.75, 3.05) is 0 Å². The maximum atomic E-state index is 14.0. The molecule has 2 heterocycles. The van der Waals surface area contributed by atoms with Crippen molar-refractivity contribution in [2.24, 2.45) is 0 Å². The van der Waals surface area contributed by atoms with Gasteiger partial charge in [0.1, 0.15) is 36.5 Å². The summed E-state index contributed by atoms with van der Waals surface area (Å²) in [7, 11) is 0. The molecular formula is C14H12F4N6. The van der Waals surface area contributed by atoms with Crippen LogP contribution in [0.2, 0.25) is 0 Å². The van der Waals surface area contributed by atoms with Gasteiger partial charge in [-0.3, -0.25) is 0 Å². The van der Waals surface area contributed by atoms with Crippen LogP contribution in [0.1, 0.15) is 18.1 Å². The highest BCUT2D eigenvalue weighted by atomic mass is 19.4. The zero-order valence-electron chi connectivity index (χ0n) is 12.3. The third kappa shape index (κ3) is 3.76. The lowest BCUT2D eigenvalue weighted by atomic mass is 10.2. The van der Waals surface area contributed by atoms with Gasteiger partial charge in [0.15, 0.2) is 5.82 Å². The first-order valence-corrected chi connectivity index (χ1v) is 7.01. The lowest BCUT2D eigenvalue weighted by Gasteiger charge is -2.08. The Labute approximate surface area is 133 Å². The molecule has 10 heteroatoms. The number of benzene rings is 1. The van der Waals surface area contributed by atoms with Crippen LogP contribution < -0.4 is 0 Å². The molecule has 0 fully saturated rings. The summed E-state index contributed by atoms with van der Waals surface area (Å²) in [6.45, 7) is 0.125. The zero-order chi connectivity index (χ0) is 17.2. The molecule has 0 bridgehead atoms. The van der Waals surface area contributed by atoms with Crippen LogP contribution in [-0.4, -0.2) is 35.7 Å². The van der Waals surface area contributed by atoms with Gasteiger partial charge in [0.05, 0.1) is 6.42 Å². The molecule has 0 N–H and O–H groups in total. The van der Waals surface area contributed by atoms with Gasteiger partial charge in [0.25, 0.3) is 0 Å². The lowest BCUT2D eigenvalue weighted by Crippen LogP contribution is -2.12. The van der Waals surface area contributed by atoms with Crippen LogP contribution in [0.25, 0.3) is 5.69 Å². The molecule has 0 aliphatic carbocycles. The van der Waals surface area contributed by atoms with E-state index in [1.807, 2.05) is 0 Å². The van der Waals surface area contributed by atoms with E-state index in [1.165, 1.54) is 35.5 Å². The van der Waals surface area contributed by atoms with E-state index in [0.29, 0.717) is 0 Å². The van der Waals surface area contributed by atoms with Gasteiger partial charge in [-0.05, 0) is 12.1 Å². The molecule has 3 rings (SSSR count). The molecule has 0 radical (unpaired) electrons. The topological polar surface area (TPSA) is 61.4 Å². The van der Waals surface area contributed by atoms with Crippen LogP contribution in [0.4, 0.5) is 17.6 Å². The zero-order valence-corrected chi connectivity index (χ0v) is 12.3. The van der Waals surface area contributed by atoms with Gasteiger partial charge in [-0.2, -0.15) is 18.3 Å². The molecule has 0 unspecified atom stereocenters. The Kier molecular flexibility index (Phi) is 4.28. The summed E-state index contributed by atoms with van der Waals surface area (Å²) in [6, 6.07) is 5.70. The van der Waals surface area contributed by atoms with Crippen molar-refractivity contribution >= 4 is 0 Å². The fourth-order valence-corrected chi connectivity index (χ4v) is 2.15. The van der Waals surface area contributed by atoms with Crippen molar-refractivity contribution < 1.29 is 17.6 Å². The number of rotatable bonds is 5. The van der Waals surface area contributed by atoms with Crippen molar-refractivity contribution in [1.82, 2.24) is 29.5 Å². The highest BCUT2D eigenvalue weighted by Gasteiger charge is 2.28. The van der Waals surface area contributed by atoms with Crippen molar-refractivity contribution in [3.63, 3.8) is 0 Å². The van der Waals surface area contributed by atoms with Gasteiger partial charge in [-0.15, -0.1) is 5.10 Å². The number of alkyl halides is 3. The number of hydrogen-bond donors (Lipinski definition) is 0. The standard InChI is InChI=1S/C14H12F4N6/c15-10-3-1-2-4-11(10)24-13(5-6-14(16,17)18)21-12(22-24)7-23-9-19-8-20-23/h1-4,8-9H,5-7H2. The van der Waals surface area contributed by atoms with E-state index in [9.17, 15) is 17.6 Å². The number of para-hydroxylation sites is 1. The largest absolute Gasteiger partial charge is 0.389 e. The number of aromatic nitrogens is 6. The van der Waals surface area contributed by atoms with Crippen molar-refractivity contribution in [3.8, 4) is 5.69 Å². The van der Waals surface area contributed by atoms with Gasteiger partial charge in [0, 0.05) is 6.42 Å². The first-order chi connectivity index (χ1) is 11.4. The minimum Gasteiger partial charge on any atom is -0.245 e. The Hall–Kier alpha value is -2.78. The molecule has 126 valence electrons. The first-order valence-electron chi connectivity index (χ1n) is 7.01. The molecule has 0 aliphatic heterocycles. The number of halogens is 4. The molecule has 3 aromatic rings. The van der Waals surface area contributed by atoms with Gasteiger partial charge in [0.2, 0.25) is 0 Å². The van der Waals surface area contributed by atoms with Gasteiger partial charge in [-0.25, -0.2) is 23.7 Å². The van der Waals surface area contributed by atoms with Crippen molar-refractivity contribution in [2.45, 2.75) is 25.6 Å². The average molecular weight is 340 g/mol. The fraction of sp³-hybridized carbons (Fsp3) is 0.286. The molecule has 0 saturated heterocycles. The highest BCUT2D eigenvalue weighted by Crippen LogP contribution is 2.23. The van der Waals surface area contributed by atoms with E-state index in [2.05, 4.69) is 20.2 Å². The van der Waals surface area contributed by atoms with Crippen LogP contribution in [0.5, 0.6) is 0 Å². The Morgan fingerprint density at radius 2 is 1.92 bits per heavy atom. The van der Waals surface area contributed by atoms with E-state index in [1.54, 1.807) is 6.07 Å². The number of nitrogens with zero attached hydrogens (tertiary/aromatic N) is 6. The Morgan fingerprint density at radius 3 is 2.58 bits per heavy atom. The maximum absolute atomic E-state index is 14.0. The normalized spacial score (nSPS) is 11.8. The summed E-state index contributed by atoms with van der Waals surface area (Å²) in [4.78, 5) is 7.87. The maximum Gasteiger partial charge on any atom is 0.389 e. The summed E-state index contributed by atoms with van der Waals surface area (Å²) in [5.41, 5.74) is 0.0482. The van der Waals surface area contributed by atoms with Crippen molar-refractivity contribution in [3.05, 3.63) is 54.4 Å². The molecule has 0 amide bonds. The third-order valence-electron chi connectivity index (χ3n) is 3.20. The van der Waals surface area contributed by atoms with Crippen LogP contribution in [-0.2, 0) is 13.0 Å². The van der Waals surface area contributed by atoms with Crippen LogP contribution in [0.15, 0.2) is 36.9 Å². The predicted molar refractivity (Wildman–Crippen MR) is 74.8 cm³/mol. The molecular weight excluding hydrogens is 328 g/mol. The second-order valence-electron chi connectivity index (χ2n) is 5.02. The Bertz CT molecular complexity index is 809. The van der Waals surface area contributed by atoms with Crippen LogP contribution in [0, 0.1) is 5.82 Å². The number of aryl methyl sites for hydroxylation is 1. The molecule has 1 aromatic carbocycles. The second-order valence-corrected chi connectivity index (χ2v) is 5.02. The summed E-state index contributed by atoms with van der Waals surface area (Å²) in [5.74, 6) is -0.337. The van der Waals surface area contributed by atoms with Crippen molar-refractivity contribution in [1.29, 1.82) is 0 Å². The average Bonchev–Trinajstić information content (AvgIpc) is 3.15. The summed E-state index contributed by atoms with van der Waals surface area (Å²) >= 11 is 0. The molecule has 0 spiro atoms. The van der Waals surface area contributed by atoms with E-state index in [4.69, 9.17) is 0 Å². The van der Waals surface area contributed by atoms with Crippen LogP contribution in [0.3, 0.4) is 0 Å². The Morgan fingerprint density at radius 1 is 1.12 bits per heavy atom. The van der Waals surface area contributed by atoms with Gasteiger partial charge >= 0.3 is 6.18 Å². The second kappa shape index (κ2) is 6.38. The quantitative estimate of drug-likeness (QED) is 0.670. The number of hydrogen-bond acceptors (Lipinski definition) is 4. The Balaban J connectivity index is 1.95. The monoisotopic (exact) mass is 340 g/mol. The fourth-order valence-electron chi connectivity index (χ4n) is 2.15. The molecule has 0 atom stereocenters. The third-order valence-corrected chi connectivity index (χ3v) is 3.20. The van der Waals surface area contributed by atoms with E-state index in [0.717, 1.165) is 4.68 Å². The van der Waals surface area contributed by atoms with E-state index in [-0.39, 0.29) is 23.9 Å². The molecule has 2 aromatic heterocycles. The molecule has 6 nitrogen and oxygen atoms in total. The smallest absolute Gasteiger partial charge is 0.245 e. The predicted octanol–water partition coefficient (Wildman–Crippen LogP) is 2.54.